The van der Waals surface area contributed by atoms with Gasteiger partial charge in [-0.15, -0.1) is 0 Å². The van der Waals surface area contributed by atoms with Crippen LogP contribution in [0.3, 0.4) is 0 Å². The minimum absolute atomic E-state index is 0.0833. The third kappa shape index (κ3) is 4.57. The van der Waals surface area contributed by atoms with Gasteiger partial charge in [0.1, 0.15) is 23.1 Å². The molecule has 156 valence electrons. The highest BCUT2D eigenvalue weighted by molar-refractivity contribution is 7.92. The number of hydrogen-bond acceptors (Lipinski definition) is 4. The van der Waals surface area contributed by atoms with Crippen molar-refractivity contribution in [2.75, 3.05) is 17.1 Å². The van der Waals surface area contributed by atoms with Crippen LogP contribution in [0.1, 0.15) is 15.9 Å². The van der Waals surface area contributed by atoms with E-state index in [0.29, 0.717) is 5.56 Å². The molecule has 3 rings (SSSR count). The van der Waals surface area contributed by atoms with Gasteiger partial charge in [-0.3, -0.25) is 9.52 Å². The van der Waals surface area contributed by atoms with Gasteiger partial charge in [-0.1, -0.05) is 23.8 Å². The Morgan fingerprint density at radius 3 is 2.20 bits per heavy atom. The zero-order valence-corrected chi connectivity index (χ0v) is 16.9. The number of rotatable bonds is 6. The number of anilines is 2. The van der Waals surface area contributed by atoms with Crippen molar-refractivity contribution in [1.29, 1.82) is 0 Å². The van der Waals surface area contributed by atoms with Crippen LogP contribution in [0, 0.1) is 18.6 Å². The summed E-state index contributed by atoms with van der Waals surface area (Å²) in [5.74, 6) is -2.37. The van der Waals surface area contributed by atoms with Crippen LogP contribution >= 0.6 is 0 Å². The monoisotopic (exact) mass is 432 g/mol. The topological polar surface area (TPSA) is 84.5 Å². The third-order valence-corrected chi connectivity index (χ3v) is 5.59. The first-order valence-corrected chi connectivity index (χ1v) is 10.2. The van der Waals surface area contributed by atoms with Crippen LogP contribution in [-0.4, -0.2) is 21.4 Å². The first kappa shape index (κ1) is 21.3. The molecule has 0 heterocycles. The molecule has 0 saturated carbocycles. The van der Waals surface area contributed by atoms with Crippen molar-refractivity contribution in [3.63, 3.8) is 0 Å². The van der Waals surface area contributed by atoms with E-state index in [4.69, 9.17) is 4.74 Å². The average molecular weight is 432 g/mol. The van der Waals surface area contributed by atoms with Crippen LogP contribution in [0.4, 0.5) is 20.2 Å². The van der Waals surface area contributed by atoms with Crippen molar-refractivity contribution in [2.45, 2.75) is 11.8 Å². The standard InChI is InChI=1S/C21H18F2N2O4S/c1-13-6-8-14(9-7-13)21(26)24-18-12-15(10-11-19(18)29-2)30(27,28)25-20-16(22)4-3-5-17(20)23/h3-12,25H,1-2H3,(H,24,26). The summed E-state index contributed by atoms with van der Waals surface area (Å²) in [5, 5.41) is 2.59. The lowest BCUT2D eigenvalue weighted by Gasteiger charge is -2.14. The molecule has 6 nitrogen and oxygen atoms in total. The van der Waals surface area contributed by atoms with Crippen molar-refractivity contribution < 1.29 is 26.7 Å². The number of aryl methyl sites for hydroxylation is 1. The van der Waals surface area contributed by atoms with Crippen molar-refractivity contribution in [2.24, 2.45) is 0 Å². The Bertz CT molecular complexity index is 1180. The van der Waals surface area contributed by atoms with Crippen LogP contribution in [0.2, 0.25) is 0 Å². The van der Waals surface area contributed by atoms with Gasteiger partial charge in [-0.2, -0.15) is 0 Å². The highest BCUT2D eigenvalue weighted by atomic mass is 32.2. The van der Waals surface area contributed by atoms with Gasteiger partial charge < -0.3 is 10.1 Å². The second-order valence-corrected chi connectivity index (χ2v) is 8.07. The number of benzene rings is 3. The van der Waals surface area contributed by atoms with Gasteiger partial charge in [0.25, 0.3) is 15.9 Å². The minimum Gasteiger partial charge on any atom is -0.495 e. The van der Waals surface area contributed by atoms with Gasteiger partial charge in [0.2, 0.25) is 0 Å². The van der Waals surface area contributed by atoms with E-state index in [-0.39, 0.29) is 16.3 Å². The van der Waals surface area contributed by atoms with Gasteiger partial charge >= 0.3 is 0 Å². The Morgan fingerprint density at radius 1 is 0.967 bits per heavy atom. The van der Waals surface area contributed by atoms with Gasteiger partial charge in [0.15, 0.2) is 0 Å². The fraction of sp³-hybridized carbons (Fsp3) is 0.0952. The molecule has 0 aliphatic rings. The Morgan fingerprint density at radius 2 is 1.60 bits per heavy atom. The molecule has 3 aromatic carbocycles. The SMILES string of the molecule is COc1ccc(S(=O)(=O)Nc2c(F)cccc2F)cc1NC(=O)c1ccc(C)cc1. The molecule has 2 N–H and O–H groups in total. The summed E-state index contributed by atoms with van der Waals surface area (Å²) in [7, 11) is -2.99. The fourth-order valence-corrected chi connectivity index (χ4v) is 3.74. The van der Waals surface area contributed by atoms with E-state index in [1.165, 1.54) is 19.2 Å². The number of nitrogens with one attached hydrogen (secondary N) is 2. The number of halogens is 2. The van der Waals surface area contributed by atoms with Crippen LogP contribution in [0.25, 0.3) is 0 Å². The van der Waals surface area contributed by atoms with E-state index in [0.717, 1.165) is 29.8 Å². The molecular weight excluding hydrogens is 414 g/mol. The lowest BCUT2D eigenvalue weighted by Crippen LogP contribution is -2.17. The molecule has 0 aliphatic carbocycles. The second kappa shape index (κ2) is 8.50. The van der Waals surface area contributed by atoms with Crippen LogP contribution < -0.4 is 14.8 Å². The maximum atomic E-state index is 13.8. The molecule has 0 aromatic heterocycles. The number of amides is 1. The van der Waals surface area contributed by atoms with E-state index in [2.05, 4.69) is 5.32 Å². The normalized spacial score (nSPS) is 11.1. The lowest BCUT2D eigenvalue weighted by atomic mass is 10.1. The first-order valence-electron chi connectivity index (χ1n) is 8.74. The fourth-order valence-electron chi connectivity index (χ4n) is 2.64. The van der Waals surface area contributed by atoms with E-state index in [1.54, 1.807) is 24.3 Å². The van der Waals surface area contributed by atoms with Crippen LogP contribution in [-0.2, 0) is 10.0 Å². The molecule has 0 spiro atoms. The maximum Gasteiger partial charge on any atom is 0.262 e. The smallest absolute Gasteiger partial charge is 0.262 e. The Balaban J connectivity index is 1.93. The molecule has 9 heteroatoms. The van der Waals surface area contributed by atoms with Gasteiger partial charge in [0, 0.05) is 5.56 Å². The molecule has 0 radical (unpaired) electrons. The first-order chi connectivity index (χ1) is 14.2. The number of carbonyl (C=O) groups is 1. The number of hydrogen-bond donors (Lipinski definition) is 2. The van der Waals surface area contributed by atoms with E-state index in [9.17, 15) is 22.0 Å². The number of methoxy groups -OCH3 is 1. The summed E-state index contributed by atoms with van der Waals surface area (Å²) in [6.45, 7) is 1.88. The van der Waals surface area contributed by atoms with Gasteiger partial charge in [0.05, 0.1) is 17.7 Å². The molecule has 0 unspecified atom stereocenters. The van der Waals surface area contributed by atoms with E-state index in [1.807, 2.05) is 11.6 Å². The summed E-state index contributed by atoms with van der Waals surface area (Å²) >= 11 is 0. The van der Waals surface area contributed by atoms with Crippen LogP contribution in [0.15, 0.2) is 65.6 Å². The van der Waals surface area contributed by atoms with E-state index >= 15 is 0 Å². The van der Waals surface area contributed by atoms with Gasteiger partial charge in [-0.25, -0.2) is 17.2 Å². The molecule has 1 amide bonds. The Labute approximate surface area is 172 Å². The average Bonchev–Trinajstić information content (AvgIpc) is 2.71. The predicted octanol–water partition coefficient (Wildman–Crippen LogP) is 4.33. The molecule has 30 heavy (non-hydrogen) atoms. The molecule has 3 aromatic rings. The molecule has 0 saturated heterocycles. The molecule has 0 fully saturated rings. The van der Waals surface area contributed by atoms with Crippen molar-refractivity contribution in [1.82, 2.24) is 0 Å². The number of sulfonamides is 1. The number of para-hydroxylation sites is 1. The van der Waals surface area contributed by atoms with Crippen LogP contribution in [0.5, 0.6) is 5.75 Å². The zero-order valence-electron chi connectivity index (χ0n) is 16.1. The van der Waals surface area contributed by atoms with Gasteiger partial charge in [-0.05, 0) is 49.4 Å². The lowest BCUT2D eigenvalue weighted by molar-refractivity contribution is 0.102. The number of ether oxygens (including phenoxy) is 1. The zero-order chi connectivity index (χ0) is 21.9. The van der Waals surface area contributed by atoms with Crippen molar-refractivity contribution in [3.05, 3.63) is 83.4 Å². The largest absolute Gasteiger partial charge is 0.495 e. The molecule has 0 aliphatic heterocycles. The highest BCUT2D eigenvalue weighted by Crippen LogP contribution is 2.30. The van der Waals surface area contributed by atoms with E-state index < -0.39 is 33.3 Å². The second-order valence-electron chi connectivity index (χ2n) is 6.38. The Kier molecular flexibility index (Phi) is 6.02. The maximum absolute atomic E-state index is 13.8. The number of carbonyl (C=O) groups excluding carboxylic acids is 1. The third-order valence-electron chi connectivity index (χ3n) is 4.24. The summed E-state index contributed by atoms with van der Waals surface area (Å²) < 4.78 is 60.1. The van der Waals surface area contributed by atoms with Crippen molar-refractivity contribution >= 4 is 27.3 Å². The quantitative estimate of drug-likeness (QED) is 0.607. The summed E-state index contributed by atoms with van der Waals surface area (Å²) in [6.07, 6.45) is 0. The molecule has 0 bridgehead atoms. The summed E-state index contributed by atoms with van der Waals surface area (Å²) in [4.78, 5) is 12.2. The highest BCUT2D eigenvalue weighted by Gasteiger charge is 2.21. The molecule has 0 atom stereocenters. The summed E-state index contributed by atoms with van der Waals surface area (Å²) in [5.41, 5.74) is 0.629. The predicted molar refractivity (Wildman–Crippen MR) is 109 cm³/mol. The minimum atomic E-state index is -4.35. The van der Waals surface area contributed by atoms with Crippen molar-refractivity contribution in [3.8, 4) is 5.75 Å². The Hall–Kier alpha value is -3.46. The summed E-state index contributed by atoms with van der Waals surface area (Å²) in [6, 6.07) is 13.4. The molecular formula is C21H18F2N2O4S.